The molecule has 5 heterocycles. The van der Waals surface area contributed by atoms with Gasteiger partial charge in [0, 0.05) is 37.8 Å². The second-order valence-electron chi connectivity index (χ2n) is 12.9. The van der Waals surface area contributed by atoms with Crippen molar-refractivity contribution >= 4 is 16.7 Å². The maximum Gasteiger partial charge on any atom is 0.319 e. The minimum Gasteiger partial charge on any atom is -0.461 e. The number of anilines is 1. The van der Waals surface area contributed by atoms with Crippen LogP contribution in [0.3, 0.4) is 0 Å². The summed E-state index contributed by atoms with van der Waals surface area (Å²) in [6.45, 7) is 6.69. The van der Waals surface area contributed by atoms with E-state index in [9.17, 15) is 9.50 Å². The Kier molecular flexibility index (Phi) is 6.23. The summed E-state index contributed by atoms with van der Waals surface area (Å²) < 4.78 is 37.1. The normalized spacial score (nSPS) is 28.4. The summed E-state index contributed by atoms with van der Waals surface area (Å²) in [4.78, 5) is 18.5. The van der Waals surface area contributed by atoms with Crippen molar-refractivity contribution in [2.24, 2.45) is 11.8 Å². The van der Waals surface area contributed by atoms with Crippen LogP contribution in [-0.4, -0.2) is 69.5 Å². The number of rotatable bonds is 6. The lowest BCUT2D eigenvalue weighted by molar-refractivity contribution is 0.0791. The molecule has 0 amide bonds. The molecule has 4 aliphatic rings. The summed E-state index contributed by atoms with van der Waals surface area (Å²) in [5.41, 5.74) is -0.134. The zero-order chi connectivity index (χ0) is 27.6. The van der Waals surface area contributed by atoms with Gasteiger partial charge in [0.2, 0.25) is 0 Å². The van der Waals surface area contributed by atoms with Gasteiger partial charge in [-0.25, -0.2) is 8.78 Å². The number of piperidine rings is 1. The average molecular weight is 550 g/mol. The molecule has 1 aromatic carbocycles. The summed E-state index contributed by atoms with van der Waals surface area (Å²) in [7, 11) is 0. The Balaban J connectivity index is 1.32. The molecule has 1 N–H and O–H groups in total. The minimum absolute atomic E-state index is 0.121. The number of nitrogens with zero attached hydrogens (tertiary/aromatic N) is 5. The Bertz CT molecular complexity index is 1430. The van der Waals surface area contributed by atoms with Crippen molar-refractivity contribution in [3.63, 3.8) is 0 Å². The highest BCUT2D eigenvalue weighted by atomic mass is 19.1. The van der Waals surface area contributed by atoms with E-state index >= 15 is 4.39 Å². The highest BCUT2D eigenvalue weighted by Crippen LogP contribution is 2.43. The fourth-order valence-electron chi connectivity index (χ4n) is 7.77. The third kappa shape index (κ3) is 4.42. The van der Waals surface area contributed by atoms with Gasteiger partial charge >= 0.3 is 6.01 Å². The zero-order valence-corrected chi connectivity index (χ0v) is 23.2. The molecule has 0 radical (unpaired) electrons. The number of aromatic nitrogens is 3. The first kappa shape index (κ1) is 26.0. The van der Waals surface area contributed by atoms with Crippen LogP contribution in [0.25, 0.3) is 22.2 Å². The van der Waals surface area contributed by atoms with E-state index < -0.39 is 17.6 Å². The van der Waals surface area contributed by atoms with Crippen molar-refractivity contribution in [1.29, 1.82) is 0 Å². The molecule has 2 aromatic heterocycles. The van der Waals surface area contributed by atoms with Crippen molar-refractivity contribution in [1.82, 2.24) is 19.9 Å². The van der Waals surface area contributed by atoms with Gasteiger partial charge in [0.25, 0.3) is 0 Å². The fraction of sp³-hybridized carbons (Fsp3) is 0.581. The minimum atomic E-state index is -1.18. The molecule has 9 heteroatoms. The standard InChI is InChI=1S/C31H37F2N5O2/c1-30(2,39)24-7-4-3-6-22(24)26-25(33)27-23(14-34-26)28(37-15-19-8-9-20(12-19)16-37)36-29(35-27)40-18-31-10-5-11-38(31)17-21(32)13-31/h3-4,6-7,14,19-21,39H,5,8-13,15-18H2,1-2H3/t19?,20?,21-,31+/m1/s1. The molecular weight excluding hydrogens is 512 g/mol. The van der Waals surface area contributed by atoms with Gasteiger partial charge in [0.05, 0.1) is 16.5 Å². The van der Waals surface area contributed by atoms with Crippen LogP contribution < -0.4 is 9.64 Å². The van der Waals surface area contributed by atoms with Crippen LogP contribution in [0.15, 0.2) is 30.5 Å². The van der Waals surface area contributed by atoms with E-state index in [0.717, 1.165) is 32.5 Å². The number of alkyl halides is 1. The Morgan fingerprint density at radius 2 is 1.90 bits per heavy atom. The third-order valence-corrected chi connectivity index (χ3v) is 9.62. The van der Waals surface area contributed by atoms with Gasteiger partial charge in [-0.15, -0.1) is 0 Å². The molecule has 4 fully saturated rings. The largest absolute Gasteiger partial charge is 0.461 e. The van der Waals surface area contributed by atoms with Crippen LogP contribution in [0.1, 0.15) is 57.9 Å². The zero-order valence-electron chi connectivity index (χ0n) is 23.2. The topological polar surface area (TPSA) is 74.6 Å². The van der Waals surface area contributed by atoms with Gasteiger partial charge in [-0.2, -0.15) is 9.97 Å². The summed E-state index contributed by atoms with van der Waals surface area (Å²) in [6, 6.07) is 7.31. The van der Waals surface area contributed by atoms with Crippen LogP contribution in [0.5, 0.6) is 6.01 Å². The second kappa shape index (κ2) is 9.58. The number of hydrogen-bond donors (Lipinski definition) is 1. The lowest BCUT2D eigenvalue weighted by Gasteiger charge is -2.34. The summed E-state index contributed by atoms with van der Waals surface area (Å²) in [6.07, 6.45) is 6.78. The van der Waals surface area contributed by atoms with Crippen LogP contribution in [-0.2, 0) is 5.60 Å². The lowest BCUT2D eigenvalue weighted by atomic mass is 9.91. The SMILES string of the molecule is CC(C)(O)c1ccccc1-c1ncc2c(N3CC4CCC(C4)C3)nc(OC[C@@]34CCCN3C[C@H](F)C4)nc2c1F. The number of fused-ring (bicyclic) bond motifs is 4. The first-order valence-corrected chi connectivity index (χ1v) is 14.7. The lowest BCUT2D eigenvalue weighted by Crippen LogP contribution is -2.43. The second-order valence-corrected chi connectivity index (χ2v) is 12.9. The molecule has 1 aliphatic carbocycles. The predicted octanol–water partition coefficient (Wildman–Crippen LogP) is 5.25. The molecular formula is C31H37F2N5O2. The van der Waals surface area contributed by atoms with E-state index in [2.05, 4.69) is 19.8 Å². The maximum absolute atomic E-state index is 16.5. The summed E-state index contributed by atoms with van der Waals surface area (Å²) in [5.74, 6) is 1.30. The number of benzene rings is 1. The number of halogens is 2. The van der Waals surface area contributed by atoms with Crippen molar-refractivity contribution in [3.8, 4) is 17.3 Å². The van der Waals surface area contributed by atoms with Gasteiger partial charge in [-0.1, -0.05) is 24.3 Å². The quantitative estimate of drug-likeness (QED) is 0.450. The number of ether oxygens (including phenoxy) is 1. The predicted molar refractivity (Wildman–Crippen MR) is 150 cm³/mol. The molecule has 1 saturated carbocycles. The van der Waals surface area contributed by atoms with Crippen molar-refractivity contribution in [2.75, 3.05) is 37.7 Å². The van der Waals surface area contributed by atoms with Gasteiger partial charge in [-0.05, 0) is 69.9 Å². The van der Waals surface area contributed by atoms with E-state index in [0.29, 0.717) is 47.1 Å². The van der Waals surface area contributed by atoms with Crippen LogP contribution in [0, 0.1) is 17.7 Å². The van der Waals surface area contributed by atoms with Gasteiger partial charge in [-0.3, -0.25) is 9.88 Å². The summed E-state index contributed by atoms with van der Waals surface area (Å²) in [5, 5.41) is 11.3. The fourth-order valence-corrected chi connectivity index (χ4v) is 7.77. The molecule has 40 heavy (non-hydrogen) atoms. The Hall–Kier alpha value is -2.91. The molecule has 3 aliphatic heterocycles. The van der Waals surface area contributed by atoms with E-state index in [1.54, 1.807) is 32.2 Å². The Morgan fingerprint density at radius 1 is 1.12 bits per heavy atom. The Labute approximate surface area is 233 Å². The smallest absolute Gasteiger partial charge is 0.319 e. The molecule has 7 rings (SSSR count). The Morgan fingerprint density at radius 3 is 2.67 bits per heavy atom. The highest BCUT2D eigenvalue weighted by Gasteiger charge is 2.49. The highest BCUT2D eigenvalue weighted by molar-refractivity contribution is 5.92. The molecule has 7 nitrogen and oxygen atoms in total. The number of pyridine rings is 1. The monoisotopic (exact) mass is 549 g/mol. The molecule has 3 saturated heterocycles. The van der Waals surface area contributed by atoms with Crippen molar-refractivity contribution < 1.29 is 18.6 Å². The third-order valence-electron chi connectivity index (χ3n) is 9.62. The van der Waals surface area contributed by atoms with Gasteiger partial charge < -0.3 is 14.7 Å². The van der Waals surface area contributed by atoms with E-state index in [1.807, 2.05) is 12.1 Å². The van der Waals surface area contributed by atoms with Gasteiger partial charge in [0.1, 0.15) is 29.8 Å². The van der Waals surface area contributed by atoms with Crippen LogP contribution >= 0.6 is 0 Å². The molecule has 2 unspecified atom stereocenters. The average Bonchev–Trinajstić information content (AvgIpc) is 3.57. The molecule has 0 spiro atoms. The van der Waals surface area contributed by atoms with Crippen molar-refractivity contribution in [3.05, 3.63) is 41.8 Å². The summed E-state index contributed by atoms with van der Waals surface area (Å²) >= 11 is 0. The van der Waals surface area contributed by atoms with Crippen molar-refractivity contribution in [2.45, 2.75) is 69.7 Å². The number of aliphatic hydroxyl groups is 1. The van der Waals surface area contributed by atoms with E-state index in [-0.39, 0.29) is 29.4 Å². The maximum atomic E-state index is 16.5. The molecule has 4 atom stereocenters. The first-order chi connectivity index (χ1) is 19.2. The van der Waals surface area contributed by atoms with Gasteiger partial charge in [0.15, 0.2) is 5.82 Å². The van der Waals surface area contributed by atoms with E-state index in [4.69, 9.17) is 9.72 Å². The molecule has 212 valence electrons. The van der Waals surface area contributed by atoms with Crippen LogP contribution in [0.4, 0.5) is 14.6 Å². The van der Waals surface area contributed by atoms with Crippen LogP contribution in [0.2, 0.25) is 0 Å². The number of hydrogen-bond acceptors (Lipinski definition) is 7. The first-order valence-electron chi connectivity index (χ1n) is 14.7. The molecule has 2 bridgehead atoms. The molecule has 3 aromatic rings. The van der Waals surface area contributed by atoms with E-state index in [1.165, 1.54) is 19.3 Å².